The predicted molar refractivity (Wildman–Crippen MR) is 141 cm³/mol. The Morgan fingerprint density at radius 3 is 1.74 bits per heavy atom. The van der Waals surface area contributed by atoms with Crippen molar-refractivity contribution in [1.82, 2.24) is 4.90 Å². The van der Waals surface area contributed by atoms with E-state index < -0.39 is 0 Å². The summed E-state index contributed by atoms with van der Waals surface area (Å²) >= 11 is 0. The second-order valence-corrected chi connectivity index (χ2v) is 7.92. The molecule has 35 heavy (non-hydrogen) atoms. The van der Waals surface area contributed by atoms with Crippen molar-refractivity contribution < 1.29 is 14.4 Å². The summed E-state index contributed by atoms with van der Waals surface area (Å²) in [6.07, 6.45) is 0. The van der Waals surface area contributed by atoms with Gasteiger partial charge in [0.05, 0.1) is 6.54 Å². The summed E-state index contributed by atoms with van der Waals surface area (Å²) in [5, 5.41) is 5.89. The summed E-state index contributed by atoms with van der Waals surface area (Å²) in [6.45, 7) is 7.78. The van der Waals surface area contributed by atoms with Crippen molar-refractivity contribution in [3.63, 3.8) is 0 Å². The van der Waals surface area contributed by atoms with Gasteiger partial charge < -0.3 is 20.4 Å². The number of rotatable bonds is 10. The molecule has 0 atom stereocenters. The first-order valence-corrected chi connectivity index (χ1v) is 11.9. The van der Waals surface area contributed by atoms with Gasteiger partial charge in [0.25, 0.3) is 11.8 Å². The predicted octanol–water partition coefficient (Wildman–Crippen LogP) is 4.89. The Hall–Kier alpha value is -4.13. The lowest BCUT2D eigenvalue weighted by Gasteiger charge is -2.21. The monoisotopic (exact) mass is 472 g/mol. The minimum absolute atomic E-state index is 0.00736. The third kappa shape index (κ3) is 6.69. The molecule has 0 aromatic heterocycles. The van der Waals surface area contributed by atoms with Gasteiger partial charge in [0.15, 0.2) is 0 Å². The highest BCUT2D eigenvalue weighted by Crippen LogP contribution is 2.18. The number of amides is 3. The van der Waals surface area contributed by atoms with Crippen LogP contribution in [0.2, 0.25) is 0 Å². The van der Waals surface area contributed by atoms with Crippen molar-refractivity contribution in [2.75, 3.05) is 41.7 Å². The lowest BCUT2D eigenvalue weighted by molar-refractivity contribution is -0.114. The summed E-state index contributed by atoms with van der Waals surface area (Å²) < 4.78 is 0. The largest absolute Gasteiger partial charge is 0.376 e. The van der Waals surface area contributed by atoms with Crippen LogP contribution in [-0.4, -0.2) is 48.8 Å². The van der Waals surface area contributed by atoms with Crippen LogP contribution in [0, 0.1) is 0 Å². The van der Waals surface area contributed by atoms with Crippen LogP contribution in [0.3, 0.4) is 0 Å². The molecule has 0 aliphatic carbocycles. The van der Waals surface area contributed by atoms with Gasteiger partial charge in [-0.25, -0.2) is 0 Å². The van der Waals surface area contributed by atoms with Crippen molar-refractivity contribution >= 4 is 34.8 Å². The molecule has 0 radical (unpaired) electrons. The first-order chi connectivity index (χ1) is 17.0. The average molecular weight is 473 g/mol. The Bertz CT molecular complexity index is 1130. The normalized spacial score (nSPS) is 10.4. The van der Waals surface area contributed by atoms with E-state index in [4.69, 9.17) is 0 Å². The van der Waals surface area contributed by atoms with E-state index in [1.807, 2.05) is 51.1 Å². The Morgan fingerprint density at radius 1 is 0.657 bits per heavy atom. The zero-order valence-corrected chi connectivity index (χ0v) is 20.5. The molecule has 0 heterocycles. The van der Waals surface area contributed by atoms with Crippen molar-refractivity contribution in [3.8, 4) is 0 Å². The molecule has 7 heteroatoms. The number of nitrogens with zero attached hydrogens (tertiary/aromatic N) is 2. The molecule has 3 amide bonds. The molecule has 3 aromatic carbocycles. The fraction of sp³-hybridized carbons (Fsp3) is 0.250. The van der Waals surface area contributed by atoms with Gasteiger partial charge in [-0.2, -0.15) is 0 Å². The fourth-order valence-corrected chi connectivity index (χ4v) is 3.71. The molecule has 0 saturated heterocycles. The molecule has 3 rings (SSSR count). The van der Waals surface area contributed by atoms with Crippen LogP contribution in [0.4, 0.5) is 17.1 Å². The lowest BCUT2D eigenvalue weighted by atomic mass is 10.1. The molecule has 0 aliphatic rings. The van der Waals surface area contributed by atoms with Gasteiger partial charge in [-0.05, 0) is 81.4 Å². The third-order valence-electron chi connectivity index (χ3n) is 5.68. The van der Waals surface area contributed by atoms with Gasteiger partial charge in [-0.15, -0.1) is 0 Å². The molecule has 182 valence electrons. The van der Waals surface area contributed by atoms with E-state index in [1.165, 1.54) is 0 Å². The van der Waals surface area contributed by atoms with Gasteiger partial charge in [0.1, 0.15) is 0 Å². The van der Waals surface area contributed by atoms with Crippen LogP contribution in [0.25, 0.3) is 0 Å². The van der Waals surface area contributed by atoms with Gasteiger partial charge in [0.2, 0.25) is 5.91 Å². The maximum Gasteiger partial charge on any atom is 0.258 e. The lowest BCUT2D eigenvalue weighted by Crippen LogP contribution is -2.30. The number of carbonyl (C=O) groups is 3. The van der Waals surface area contributed by atoms with Crippen molar-refractivity contribution in [3.05, 3.63) is 90.0 Å². The van der Waals surface area contributed by atoms with Crippen LogP contribution in [0.1, 0.15) is 41.5 Å². The highest BCUT2D eigenvalue weighted by molar-refractivity contribution is 6.06. The minimum Gasteiger partial charge on any atom is -0.376 e. The molecule has 0 bridgehead atoms. The second-order valence-electron chi connectivity index (χ2n) is 7.92. The molecule has 0 spiro atoms. The van der Waals surface area contributed by atoms with Crippen molar-refractivity contribution in [1.29, 1.82) is 0 Å². The third-order valence-corrected chi connectivity index (χ3v) is 5.68. The van der Waals surface area contributed by atoms with E-state index in [1.54, 1.807) is 58.3 Å². The Kier molecular flexibility index (Phi) is 9.01. The Balaban J connectivity index is 1.53. The molecule has 0 aliphatic heterocycles. The SMILES string of the molecule is CCN(CC)C(=O)c1ccc(NCC(=O)Nc2ccc(C(=O)N(CC)c3ccccc3)cc2)cc1. The molecular formula is C28H32N4O3. The van der Waals surface area contributed by atoms with Crippen molar-refractivity contribution in [2.45, 2.75) is 20.8 Å². The smallest absolute Gasteiger partial charge is 0.258 e. The average Bonchev–Trinajstić information content (AvgIpc) is 2.90. The van der Waals surface area contributed by atoms with Gasteiger partial charge in [0, 0.05) is 47.8 Å². The van der Waals surface area contributed by atoms with Crippen LogP contribution < -0.4 is 15.5 Å². The zero-order chi connectivity index (χ0) is 25.2. The number of nitrogens with one attached hydrogen (secondary N) is 2. The van der Waals surface area contributed by atoms with E-state index >= 15 is 0 Å². The number of benzene rings is 3. The highest BCUT2D eigenvalue weighted by atomic mass is 16.2. The van der Waals surface area contributed by atoms with Gasteiger partial charge >= 0.3 is 0 Å². The molecule has 0 fully saturated rings. The quantitative estimate of drug-likeness (QED) is 0.440. The van der Waals surface area contributed by atoms with Crippen LogP contribution in [0.5, 0.6) is 0 Å². The summed E-state index contributed by atoms with van der Waals surface area (Å²) in [4.78, 5) is 41.2. The van der Waals surface area contributed by atoms with Crippen LogP contribution in [-0.2, 0) is 4.79 Å². The van der Waals surface area contributed by atoms with E-state index in [2.05, 4.69) is 10.6 Å². The van der Waals surface area contributed by atoms with Crippen molar-refractivity contribution in [2.24, 2.45) is 0 Å². The van der Waals surface area contributed by atoms with E-state index in [9.17, 15) is 14.4 Å². The van der Waals surface area contributed by atoms with E-state index in [-0.39, 0.29) is 24.3 Å². The molecular weight excluding hydrogens is 440 g/mol. The number of hydrogen-bond donors (Lipinski definition) is 2. The summed E-state index contributed by atoms with van der Waals surface area (Å²) in [7, 11) is 0. The molecule has 0 unspecified atom stereocenters. The first-order valence-electron chi connectivity index (χ1n) is 11.9. The summed E-state index contributed by atoms with van der Waals surface area (Å²) in [6, 6.07) is 23.5. The van der Waals surface area contributed by atoms with E-state index in [0.29, 0.717) is 36.4 Å². The summed E-state index contributed by atoms with van der Waals surface area (Å²) in [5.41, 5.74) is 3.36. The van der Waals surface area contributed by atoms with E-state index in [0.717, 1.165) is 11.4 Å². The van der Waals surface area contributed by atoms with Gasteiger partial charge in [-0.1, -0.05) is 18.2 Å². The maximum atomic E-state index is 12.9. The van der Waals surface area contributed by atoms with Crippen LogP contribution >= 0.6 is 0 Å². The number of hydrogen-bond acceptors (Lipinski definition) is 4. The maximum absolute atomic E-state index is 12.9. The number of carbonyl (C=O) groups excluding carboxylic acids is 3. The zero-order valence-electron chi connectivity index (χ0n) is 20.5. The fourth-order valence-electron chi connectivity index (χ4n) is 3.71. The van der Waals surface area contributed by atoms with Gasteiger partial charge in [-0.3, -0.25) is 14.4 Å². The number of para-hydroxylation sites is 1. The number of anilines is 3. The Morgan fingerprint density at radius 2 is 1.20 bits per heavy atom. The topological polar surface area (TPSA) is 81.8 Å². The molecule has 2 N–H and O–H groups in total. The van der Waals surface area contributed by atoms with Crippen LogP contribution in [0.15, 0.2) is 78.9 Å². The first kappa shape index (κ1) is 25.5. The standard InChI is InChI=1S/C28H32N4O3/c1-4-31(5-2)27(34)21-12-16-23(17-13-21)29-20-26(33)30-24-18-14-22(15-19-24)28(35)32(6-3)25-10-8-7-9-11-25/h7-19,29H,4-6,20H2,1-3H3,(H,30,33). The Labute approximate surface area is 206 Å². The second kappa shape index (κ2) is 12.4. The summed E-state index contributed by atoms with van der Waals surface area (Å²) in [5.74, 6) is -0.319. The minimum atomic E-state index is -0.216. The molecule has 7 nitrogen and oxygen atoms in total. The molecule has 0 saturated carbocycles. The molecule has 3 aromatic rings. The highest BCUT2D eigenvalue weighted by Gasteiger charge is 2.16.